The number of hydrogen-bond donors (Lipinski definition) is 1. The molecule has 0 unspecified atom stereocenters. The van der Waals surface area contributed by atoms with Gasteiger partial charge in [-0.15, -0.1) is 21.5 Å². The molecule has 2 aromatic heterocycles. The average molecular weight is 261 g/mol. The van der Waals surface area contributed by atoms with E-state index in [1.807, 2.05) is 0 Å². The fourth-order valence-electron chi connectivity index (χ4n) is 2.14. The van der Waals surface area contributed by atoms with Crippen molar-refractivity contribution in [2.45, 2.75) is 6.92 Å². The molecule has 1 saturated heterocycles. The Morgan fingerprint density at radius 3 is 2.89 bits per heavy atom. The van der Waals surface area contributed by atoms with Gasteiger partial charge in [0.15, 0.2) is 5.82 Å². The Bertz CT molecular complexity index is 533. The van der Waals surface area contributed by atoms with Gasteiger partial charge in [-0.2, -0.15) is 0 Å². The quantitative estimate of drug-likeness (QED) is 0.883. The lowest BCUT2D eigenvalue weighted by Crippen LogP contribution is -2.44. The van der Waals surface area contributed by atoms with Crippen molar-refractivity contribution >= 4 is 17.2 Å². The van der Waals surface area contributed by atoms with E-state index in [2.05, 4.69) is 43.8 Å². The molecule has 3 heterocycles. The first-order valence-electron chi connectivity index (χ1n) is 6.04. The minimum atomic E-state index is 0.909. The van der Waals surface area contributed by atoms with E-state index in [1.165, 1.54) is 16.8 Å². The number of hydrogen-bond acceptors (Lipinski definition) is 6. The summed E-state index contributed by atoms with van der Waals surface area (Å²) in [7, 11) is 0. The highest BCUT2D eigenvalue weighted by Gasteiger charge is 2.19. The number of anilines is 1. The summed E-state index contributed by atoms with van der Waals surface area (Å²) in [5, 5.41) is 13.7. The number of thiophene rings is 1. The molecular formula is C12H15N5S. The van der Waals surface area contributed by atoms with Crippen molar-refractivity contribution in [2.24, 2.45) is 0 Å². The molecule has 2 aromatic rings. The van der Waals surface area contributed by atoms with Crippen LogP contribution in [0.4, 0.5) is 5.82 Å². The molecule has 94 valence electrons. The third-order valence-electron chi connectivity index (χ3n) is 3.09. The van der Waals surface area contributed by atoms with E-state index < -0.39 is 0 Å². The highest BCUT2D eigenvalue weighted by molar-refractivity contribution is 7.13. The van der Waals surface area contributed by atoms with Gasteiger partial charge >= 0.3 is 0 Å². The van der Waals surface area contributed by atoms with Crippen molar-refractivity contribution < 1.29 is 0 Å². The second-order valence-electron chi connectivity index (χ2n) is 4.30. The van der Waals surface area contributed by atoms with Crippen molar-refractivity contribution in [3.63, 3.8) is 0 Å². The maximum Gasteiger partial charge on any atom is 0.159 e. The van der Waals surface area contributed by atoms with Crippen LogP contribution < -0.4 is 10.2 Å². The van der Waals surface area contributed by atoms with E-state index in [-0.39, 0.29) is 0 Å². The number of aromatic nitrogens is 3. The van der Waals surface area contributed by atoms with Crippen molar-refractivity contribution in [3.05, 3.63) is 23.3 Å². The van der Waals surface area contributed by atoms with E-state index in [4.69, 9.17) is 0 Å². The van der Waals surface area contributed by atoms with Gasteiger partial charge in [0.1, 0.15) is 12.0 Å². The molecule has 1 aliphatic rings. The lowest BCUT2D eigenvalue weighted by atomic mass is 10.2. The molecule has 0 saturated carbocycles. The molecule has 0 radical (unpaired) electrons. The van der Waals surface area contributed by atoms with Crippen molar-refractivity contribution in [1.29, 1.82) is 0 Å². The van der Waals surface area contributed by atoms with Crippen LogP contribution in [0.25, 0.3) is 10.6 Å². The first-order valence-corrected chi connectivity index (χ1v) is 6.92. The largest absolute Gasteiger partial charge is 0.352 e. The highest BCUT2D eigenvalue weighted by Crippen LogP contribution is 2.32. The van der Waals surface area contributed by atoms with Gasteiger partial charge in [-0.05, 0) is 23.9 Å². The van der Waals surface area contributed by atoms with E-state index in [0.717, 1.165) is 37.7 Å². The van der Waals surface area contributed by atoms with E-state index in [0.29, 0.717) is 0 Å². The predicted molar refractivity (Wildman–Crippen MR) is 73.0 cm³/mol. The third kappa shape index (κ3) is 2.09. The average Bonchev–Trinajstić information content (AvgIpc) is 2.86. The number of nitrogens with one attached hydrogen (secondary N) is 1. The fraction of sp³-hybridized carbons (Fsp3) is 0.417. The maximum atomic E-state index is 4.43. The maximum absolute atomic E-state index is 4.43. The molecule has 0 amide bonds. The summed E-state index contributed by atoms with van der Waals surface area (Å²) in [6.07, 6.45) is 1.53. The van der Waals surface area contributed by atoms with Gasteiger partial charge in [0.2, 0.25) is 0 Å². The molecular weight excluding hydrogens is 246 g/mol. The number of rotatable bonds is 2. The molecule has 0 spiro atoms. The zero-order valence-electron chi connectivity index (χ0n) is 10.3. The normalized spacial score (nSPS) is 15.9. The van der Waals surface area contributed by atoms with Crippen LogP contribution in [0, 0.1) is 6.92 Å². The smallest absolute Gasteiger partial charge is 0.159 e. The topological polar surface area (TPSA) is 53.9 Å². The van der Waals surface area contributed by atoms with Crippen LogP contribution in [-0.4, -0.2) is 41.4 Å². The molecule has 3 rings (SSSR count). The molecule has 1 aliphatic heterocycles. The highest BCUT2D eigenvalue weighted by atomic mass is 32.1. The molecule has 0 aromatic carbocycles. The summed E-state index contributed by atoms with van der Waals surface area (Å²) >= 11 is 1.70. The zero-order valence-corrected chi connectivity index (χ0v) is 11.1. The number of piperazine rings is 1. The van der Waals surface area contributed by atoms with Gasteiger partial charge in [-0.25, -0.2) is 4.98 Å². The van der Waals surface area contributed by atoms with Gasteiger partial charge in [0.25, 0.3) is 0 Å². The lowest BCUT2D eigenvalue weighted by Gasteiger charge is -2.29. The zero-order chi connectivity index (χ0) is 12.4. The minimum Gasteiger partial charge on any atom is -0.352 e. The summed E-state index contributed by atoms with van der Waals surface area (Å²) in [5.41, 5.74) is 2.14. The van der Waals surface area contributed by atoms with E-state index in [9.17, 15) is 0 Å². The second kappa shape index (κ2) is 4.99. The molecule has 6 heteroatoms. The number of nitrogens with zero attached hydrogens (tertiary/aromatic N) is 4. The molecule has 0 bridgehead atoms. The first kappa shape index (κ1) is 11.6. The minimum absolute atomic E-state index is 0.909. The van der Waals surface area contributed by atoms with Gasteiger partial charge in [-0.1, -0.05) is 0 Å². The Balaban J connectivity index is 2.02. The second-order valence-corrected chi connectivity index (χ2v) is 5.22. The molecule has 0 atom stereocenters. The third-order valence-corrected chi connectivity index (χ3v) is 4.12. The van der Waals surface area contributed by atoms with Gasteiger partial charge < -0.3 is 10.2 Å². The molecule has 18 heavy (non-hydrogen) atoms. The van der Waals surface area contributed by atoms with Crippen molar-refractivity contribution in [2.75, 3.05) is 31.1 Å². The summed E-state index contributed by atoms with van der Waals surface area (Å²) in [6, 6.07) is 2.11. The Morgan fingerprint density at radius 1 is 1.33 bits per heavy atom. The predicted octanol–water partition coefficient (Wildman–Crippen LogP) is 1.32. The van der Waals surface area contributed by atoms with Gasteiger partial charge in [0, 0.05) is 26.2 Å². The molecule has 0 aliphatic carbocycles. The fourth-order valence-corrected chi connectivity index (χ4v) is 3.05. The van der Waals surface area contributed by atoms with Gasteiger partial charge in [0.05, 0.1) is 4.88 Å². The Kier molecular flexibility index (Phi) is 3.21. The van der Waals surface area contributed by atoms with Crippen LogP contribution in [0.5, 0.6) is 0 Å². The molecule has 5 nitrogen and oxygen atoms in total. The van der Waals surface area contributed by atoms with Crippen molar-refractivity contribution in [3.8, 4) is 10.6 Å². The Hall–Kier alpha value is -1.53. The number of aryl methyl sites for hydroxylation is 1. The van der Waals surface area contributed by atoms with E-state index in [1.54, 1.807) is 11.3 Å². The summed E-state index contributed by atoms with van der Waals surface area (Å²) in [4.78, 5) is 7.88. The Labute approximate surface area is 110 Å². The molecule has 1 N–H and O–H groups in total. The van der Waals surface area contributed by atoms with Gasteiger partial charge in [-0.3, -0.25) is 0 Å². The van der Waals surface area contributed by atoms with E-state index >= 15 is 0 Å². The summed E-state index contributed by atoms with van der Waals surface area (Å²) in [5.74, 6) is 0.956. The first-order chi connectivity index (χ1) is 8.86. The van der Waals surface area contributed by atoms with Crippen LogP contribution in [0.2, 0.25) is 0 Å². The van der Waals surface area contributed by atoms with Crippen molar-refractivity contribution in [1.82, 2.24) is 20.5 Å². The lowest BCUT2D eigenvalue weighted by molar-refractivity contribution is 0.584. The standard InChI is InChI=1S/C12H15N5S/c1-9-2-7-18-11(9)10-12(14-8-15-16-10)17-5-3-13-4-6-17/h2,7-8,13H,3-6H2,1H3. The summed E-state index contributed by atoms with van der Waals surface area (Å²) < 4.78 is 0. The van der Waals surface area contributed by atoms with Crippen LogP contribution >= 0.6 is 11.3 Å². The van der Waals surface area contributed by atoms with Crippen LogP contribution in [0.15, 0.2) is 17.8 Å². The van der Waals surface area contributed by atoms with Crippen LogP contribution in [0.3, 0.4) is 0 Å². The van der Waals surface area contributed by atoms with Crippen LogP contribution in [-0.2, 0) is 0 Å². The molecule has 1 fully saturated rings. The SMILES string of the molecule is Cc1ccsc1-c1nncnc1N1CCNCC1. The Morgan fingerprint density at radius 2 is 2.17 bits per heavy atom. The monoisotopic (exact) mass is 261 g/mol. The summed E-state index contributed by atoms with van der Waals surface area (Å²) in [6.45, 7) is 6.02. The van der Waals surface area contributed by atoms with Crippen LogP contribution in [0.1, 0.15) is 5.56 Å².